The number of aryl methyl sites for hydroxylation is 2. The molecule has 2 N–H and O–H groups in total. The molecule has 1 aliphatic heterocycles. The van der Waals surface area contributed by atoms with Gasteiger partial charge in [-0.3, -0.25) is 4.79 Å². The van der Waals surface area contributed by atoms with Crippen molar-refractivity contribution in [3.05, 3.63) is 39.7 Å². The fourth-order valence-electron chi connectivity index (χ4n) is 4.61. The summed E-state index contributed by atoms with van der Waals surface area (Å²) in [6, 6.07) is 5.24. The molecular formula is C23H32N2O4. The number of hydrogen-bond acceptors (Lipinski definition) is 5. The lowest BCUT2D eigenvalue weighted by Gasteiger charge is -2.46. The summed E-state index contributed by atoms with van der Waals surface area (Å²) in [6.45, 7) is 14.1. The van der Waals surface area contributed by atoms with Crippen molar-refractivity contribution in [2.24, 2.45) is 0 Å². The van der Waals surface area contributed by atoms with E-state index in [-0.39, 0.29) is 23.0 Å². The second-order valence-electron chi connectivity index (χ2n) is 9.58. The molecule has 29 heavy (non-hydrogen) atoms. The molecule has 1 aromatic carbocycles. The van der Waals surface area contributed by atoms with Gasteiger partial charge in [-0.2, -0.15) is 0 Å². The molecule has 1 aliphatic rings. The minimum atomic E-state index is -0.663. The van der Waals surface area contributed by atoms with Crippen molar-refractivity contribution >= 4 is 16.9 Å². The highest BCUT2D eigenvalue weighted by Crippen LogP contribution is 2.30. The van der Waals surface area contributed by atoms with E-state index in [9.17, 15) is 9.59 Å². The first-order chi connectivity index (χ1) is 13.4. The maximum absolute atomic E-state index is 12.8. The van der Waals surface area contributed by atoms with Gasteiger partial charge in [-0.25, -0.2) is 4.79 Å². The van der Waals surface area contributed by atoms with Crippen LogP contribution in [0.3, 0.4) is 0 Å². The Bertz CT molecular complexity index is 974. The van der Waals surface area contributed by atoms with Gasteiger partial charge >= 0.3 is 5.63 Å². The molecule has 0 bridgehead atoms. The molecular weight excluding hydrogens is 368 g/mol. The monoisotopic (exact) mass is 400 g/mol. The molecule has 2 heterocycles. The standard InChI is InChI=1S/C23H32N2O4/c1-13-10-19(26)29-20-14(2)18(9-8-17(13)20)28-15(3)21(27)24-16-11-22(4,5)25-23(6,7)12-16/h8-10,15-16,25H,11-12H2,1-7H3,(H,24,27). The van der Waals surface area contributed by atoms with Gasteiger partial charge in [0.15, 0.2) is 6.10 Å². The average Bonchev–Trinajstić information content (AvgIpc) is 2.54. The van der Waals surface area contributed by atoms with Crippen LogP contribution < -0.4 is 21.0 Å². The van der Waals surface area contributed by atoms with E-state index in [1.165, 1.54) is 6.07 Å². The molecule has 6 nitrogen and oxygen atoms in total. The van der Waals surface area contributed by atoms with Crippen LogP contribution in [0.25, 0.3) is 11.0 Å². The van der Waals surface area contributed by atoms with E-state index in [1.807, 2.05) is 26.0 Å². The summed E-state index contributed by atoms with van der Waals surface area (Å²) in [5, 5.41) is 7.63. The molecule has 6 heteroatoms. The molecule has 1 aromatic heterocycles. The number of benzene rings is 1. The van der Waals surface area contributed by atoms with Gasteiger partial charge in [0.25, 0.3) is 5.91 Å². The lowest BCUT2D eigenvalue weighted by atomic mass is 9.79. The molecule has 0 saturated carbocycles. The molecule has 3 rings (SSSR count). The van der Waals surface area contributed by atoms with E-state index in [4.69, 9.17) is 9.15 Å². The maximum atomic E-state index is 12.8. The summed E-state index contributed by atoms with van der Waals surface area (Å²) >= 11 is 0. The minimum Gasteiger partial charge on any atom is -0.480 e. The third-order valence-corrected chi connectivity index (χ3v) is 5.53. The quantitative estimate of drug-likeness (QED) is 0.767. The molecule has 0 radical (unpaired) electrons. The zero-order chi connectivity index (χ0) is 21.6. The van der Waals surface area contributed by atoms with Gasteiger partial charge in [0, 0.05) is 34.1 Å². The lowest BCUT2D eigenvalue weighted by molar-refractivity contribution is -0.128. The van der Waals surface area contributed by atoms with Gasteiger partial charge in [-0.1, -0.05) is 0 Å². The van der Waals surface area contributed by atoms with Crippen LogP contribution in [0.4, 0.5) is 0 Å². The van der Waals surface area contributed by atoms with Gasteiger partial charge in [0.2, 0.25) is 0 Å². The number of piperidine rings is 1. The van der Waals surface area contributed by atoms with Gasteiger partial charge in [-0.15, -0.1) is 0 Å². The first kappa shape index (κ1) is 21.4. The van der Waals surface area contributed by atoms with Crippen molar-refractivity contribution in [1.82, 2.24) is 10.6 Å². The fourth-order valence-corrected chi connectivity index (χ4v) is 4.61. The predicted octanol–water partition coefficient (Wildman–Crippen LogP) is 3.60. The Morgan fingerprint density at radius 3 is 2.45 bits per heavy atom. The van der Waals surface area contributed by atoms with Gasteiger partial charge < -0.3 is 19.8 Å². The zero-order valence-electron chi connectivity index (χ0n) is 18.4. The molecule has 158 valence electrons. The van der Waals surface area contributed by atoms with E-state index in [1.54, 1.807) is 6.92 Å². The predicted molar refractivity (Wildman–Crippen MR) is 115 cm³/mol. The Kier molecular flexibility index (Phi) is 5.52. The molecule has 2 aromatic rings. The lowest BCUT2D eigenvalue weighted by Crippen LogP contribution is -2.62. The second-order valence-corrected chi connectivity index (χ2v) is 9.58. The Morgan fingerprint density at radius 2 is 1.83 bits per heavy atom. The van der Waals surface area contributed by atoms with Crippen molar-refractivity contribution in [3.8, 4) is 5.75 Å². The van der Waals surface area contributed by atoms with Crippen molar-refractivity contribution in [3.63, 3.8) is 0 Å². The summed E-state index contributed by atoms with van der Waals surface area (Å²) in [5.41, 5.74) is 1.58. The Labute approximate surface area is 172 Å². The van der Waals surface area contributed by atoms with Crippen molar-refractivity contribution < 1.29 is 13.9 Å². The number of nitrogens with one attached hydrogen (secondary N) is 2. The van der Waals surface area contributed by atoms with E-state index in [2.05, 4.69) is 38.3 Å². The topological polar surface area (TPSA) is 80.6 Å². The van der Waals surface area contributed by atoms with Crippen LogP contribution in [0.5, 0.6) is 5.75 Å². The summed E-state index contributed by atoms with van der Waals surface area (Å²) in [4.78, 5) is 24.5. The smallest absolute Gasteiger partial charge is 0.336 e. The maximum Gasteiger partial charge on any atom is 0.336 e. The second kappa shape index (κ2) is 7.48. The SMILES string of the molecule is Cc1cc(=O)oc2c(C)c(OC(C)C(=O)NC3CC(C)(C)NC(C)(C)C3)ccc12. The van der Waals surface area contributed by atoms with Crippen LogP contribution in [-0.4, -0.2) is 29.1 Å². The van der Waals surface area contributed by atoms with Crippen molar-refractivity contribution in [1.29, 1.82) is 0 Å². The third-order valence-electron chi connectivity index (χ3n) is 5.53. The van der Waals surface area contributed by atoms with Crippen LogP contribution in [0, 0.1) is 13.8 Å². The summed E-state index contributed by atoms with van der Waals surface area (Å²) in [7, 11) is 0. The highest BCUT2D eigenvalue weighted by molar-refractivity contribution is 5.85. The van der Waals surface area contributed by atoms with Gasteiger partial charge in [0.1, 0.15) is 11.3 Å². The van der Waals surface area contributed by atoms with Crippen LogP contribution in [0.2, 0.25) is 0 Å². The summed E-state index contributed by atoms with van der Waals surface area (Å²) in [5.74, 6) is 0.397. The third kappa shape index (κ3) is 4.81. The molecule has 1 fully saturated rings. The molecule has 0 aliphatic carbocycles. The number of hydrogen-bond donors (Lipinski definition) is 2. The van der Waals surface area contributed by atoms with E-state index >= 15 is 0 Å². The Balaban J connectivity index is 1.75. The highest BCUT2D eigenvalue weighted by Gasteiger charge is 2.38. The van der Waals surface area contributed by atoms with Crippen LogP contribution in [0.1, 0.15) is 58.6 Å². The zero-order valence-corrected chi connectivity index (χ0v) is 18.4. The normalized spacial score (nSPS) is 19.7. The molecule has 1 saturated heterocycles. The number of ether oxygens (including phenoxy) is 1. The minimum absolute atomic E-state index is 0.0475. The average molecular weight is 401 g/mol. The van der Waals surface area contributed by atoms with Crippen molar-refractivity contribution in [2.75, 3.05) is 0 Å². The summed E-state index contributed by atoms with van der Waals surface area (Å²) < 4.78 is 11.3. The van der Waals surface area contributed by atoms with Crippen LogP contribution >= 0.6 is 0 Å². The number of fused-ring (bicyclic) bond motifs is 1. The number of rotatable bonds is 4. The van der Waals surface area contributed by atoms with Crippen molar-refractivity contribution in [2.45, 2.75) is 84.5 Å². The van der Waals surface area contributed by atoms with E-state index in [0.717, 1.165) is 23.8 Å². The first-order valence-corrected chi connectivity index (χ1v) is 10.2. The number of carbonyl (C=O) groups is 1. The number of carbonyl (C=O) groups excluding carboxylic acids is 1. The Morgan fingerprint density at radius 1 is 1.21 bits per heavy atom. The molecule has 1 atom stereocenters. The molecule has 0 spiro atoms. The van der Waals surface area contributed by atoms with Crippen LogP contribution in [-0.2, 0) is 4.79 Å². The van der Waals surface area contributed by atoms with Crippen LogP contribution in [0.15, 0.2) is 27.4 Å². The number of amides is 1. The molecule has 1 amide bonds. The fraction of sp³-hybridized carbons (Fsp3) is 0.565. The molecule has 1 unspecified atom stereocenters. The Hall–Kier alpha value is -2.34. The highest BCUT2D eigenvalue weighted by atomic mass is 16.5. The first-order valence-electron chi connectivity index (χ1n) is 10.2. The van der Waals surface area contributed by atoms with Gasteiger partial charge in [0.05, 0.1) is 0 Å². The van der Waals surface area contributed by atoms with E-state index in [0.29, 0.717) is 16.9 Å². The van der Waals surface area contributed by atoms with E-state index < -0.39 is 11.7 Å². The largest absolute Gasteiger partial charge is 0.480 e. The summed E-state index contributed by atoms with van der Waals surface area (Å²) in [6.07, 6.45) is 1.05. The van der Waals surface area contributed by atoms with Gasteiger partial charge in [-0.05, 0) is 79.0 Å².